The molecule has 3 aromatic rings. The molecule has 7 nitrogen and oxygen atoms in total. The van der Waals surface area contributed by atoms with Gasteiger partial charge in [0.2, 0.25) is 17.6 Å². The summed E-state index contributed by atoms with van der Waals surface area (Å²) in [7, 11) is 4.63. The molecular weight excluding hydrogens is 444 g/mol. The van der Waals surface area contributed by atoms with Crippen molar-refractivity contribution in [3.8, 4) is 17.2 Å². The molecule has 2 amide bonds. The topological polar surface area (TPSA) is 85.9 Å². The highest BCUT2D eigenvalue weighted by atomic mass is 16.5. The standard InChI is InChI=1S/C28H34N2O5/c1-17(2)26(30-25(31)14-19-11-12-20-9-7-8-10-21(20)13-19)28(32)29-18(3)22-15-23(33-4)27(35-6)24(16-22)34-5/h7-13,15-18,26H,14H2,1-6H3,(H,29,32)(H,30,31). The van der Waals surface area contributed by atoms with E-state index in [1.54, 1.807) is 33.5 Å². The Morgan fingerprint density at radius 2 is 1.43 bits per heavy atom. The van der Waals surface area contributed by atoms with E-state index < -0.39 is 6.04 Å². The number of hydrogen-bond acceptors (Lipinski definition) is 5. The van der Waals surface area contributed by atoms with Gasteiger partial charge >= 0.3 is 0 Å². The van der Waals surface area contributed by atoms with Gasteiger partial charge in [-0.2, -0.15) is 0 Å². The summed E-state index contributed by atoms with van der Waals surface area (Å²) in [6, 6.07) is 16.5. The molecule has 0 heterocycles. The van der Waals surface area contributed by atoms with Crippen molar-refractivity contribution in [2.75, 3.05) is 21.3 Å². The molecule has 7 heteroatoms. The minimum absolute atomic E-state index is 0.0947. The van der Waals surface area contributed by atoms with Gasteiger partial charge in [0.05, 0.1) is 33.8 Å². The molecule has 0 aromatic heterocycles. The Morgan fingerprint density at radius 1 is 0.800 bits per heavy atom. The van der Waals surface area contributed by atoms with Crippen molar-refractivity contribution < 1.29 is 23.8 Å². The van der Waals surface area contributed by atoms with Crippen molar-refractivity contribution in [3.05, 3.63) is 65.7 Å². The number of carbonyl (C=O) groups excluding carboxylic acids is 2. The zero-order valence-corrected chi connectivity index (χ0v) is 21.2. The van der Waals surface area contributed by atoms with E-state index >= 15 is 0 Å². The van der Waals surface area contributed by atoms with Crippen LogP contribution < -0.4 is 24.8 Å². The average molecular weight is 479 g/mol. The van der Waals surface area contributed by atoms with Crippen LogP contribution in [-0.2, 0) is 16.0 Å². The van der Waals surface area contributed by atoms with Gasteiger partial charge in [0.15, 0.2) is 11.5 Å². The quantitative estimate of drug-likeness (QED) is 0.450. The summed E-state index contributed by atoms with van der Waals surface area (Å²) < 4.78 is 16.2. The van der Waals surface area contributed by atoms with Crippen LogP contribution in [0.3, 0.4) is 0 Å². The van der Waals surface area contributed by atoms with Gasteiger partial charge in [0, 0.05) is 0 Å². The summed E-state index contributed by atoms with van der Waals surface area (Å²) in [6.45, 7) is 5.68. The predicted octanol–water partition coefficient (Wildman–Crippen LogP) is 4.43. The summed E-state index contributed by atoms with van der Waals surface area (Å²) in [5, 5.41) is 8.12. The number of fused-ring (bicyclic) bond motifs is 1. The minimum atomic E-state index is -0.674. The molecule has 2 unspecified atom stereocenters. The zero-order valence-electron chi connectivity index (χ0n) is 21.2. The first-order valence-corrected chi connectivity index (χ1v) is 11.6. The fourth-order valence-corrected chi connectivity index (χ4v) is 4.03. The molecule has 0 bridgehead atoms. The van der Waals surface area contributed by atoms with Crippen LogP contribution in [0.1, 0.15) is 37.9 Å². The first-order chi connectivity index (χ1) is 16.8. The van der Waals surface area contributed by atoms with E-state index in [2.05, 4.69) is 10.6 Å². The number of carbonyl (C=O) groups is 2. The summed E-state index contributed by atoms with van der Waals surface area (Å²) in [5.41, 5.74) is 1.69. The second-order valence-electron chi connectivity index (χ2n) is 8.84. The van der Waals surface area contributed by atoms with Crippen molar-refractivity contribution >= 4 is 22.6 Å². The van der Waals surface area contributed by atoms with Crippen LogP contribution >= 0.6 is 0 Å². The second kappa shape index (κ2) is 11.6. The van der Waals surface area contributed by atoms with Gasteiger partial charge in [-0.3, -0.25) is 9.59 Å². The van der Waals surface area contributed by atoms with E-state index in [1.807, 2.05) is 63.2 Å². The van der Waals surface area contributed by atoms with Crippen molar-refractivity contribution in [1.29, 1.82) is 0 Å². The van der Waals surface area contributed by atoms with Crippen LogP contribution in [0.4, 0.5) is 0 Å². The van der Waals surface area contributed by atoms with Crippen LogP contribution in [0.25, 0.3) is 10.8 Å². The Morgan fingerprint density at radius 3 is 2.00 bits per heavy atom. The lowest BCUT2D eigenvalue weighted by Gasteiger charge is -2.25. The molecular formula is C28H34N2O5. The minimum Gasteiger partial charge on any atom is -0.493 e. The number of methoxy groups -OCH3 is 3. The largest absolute Gasteiger partial charge is 0.493 e. The molecule has 0 aliphatic carbocycles. The summed E-state index contributed by atoms with van der Waals surface area (Å²) in [4.78, 5) is 26.0. The normalized spacial score (nSPS) is 12.7. The summed E-state index contributed by atoms with van der Waals surface area (Å²) in [6.07, 6.45) is 0.198. The van der Waals surface area contributed by atoms with Gasteiger partial charge < -0.3 is 24.8 Å². The molecule has 0 aliphatic rings. The Labute approximate surface area is 206 Å². The SMILES string of the molecule is COc1cc(C(C)NC(=O)C(NC(=O)Cc2ccc3ccccc3c2)C(C)C)cc(OC)c1OC. The number of benzene rings is 3. The van der Waals surface area contributed by atoms with Gasteiger partial charge in [0.25, 0.3) is 0 Å². The fraction of sp³-hybridized carbons (Fsp3) is 0.357. The van der Waals surface area contributed by atoms with Crippen molar-refractivity contribution in [2.45, 2.75) is 39.3 Å². The fourth-order valence-electron chi connectivity index (χ4n) is 4.03. The molecule has 2 atom stereocenters. The van der Waals surface area contributed by atoms with E-state index in [-0.39, 0.29) is 30.2 Å². The Bertz CT molecular complexity index is 1170. The van der Waals surface area contributed by atoms with E-state index in [1.165, 1.54) is 0 Å². The van der Waals surface area contributed by atoms with Crippen LogP contribution in [-0.4, -0.2) is 39.2 Å². The first-order valence-electron chi connectivity index (χ1n) is 11.6. The third kappa shape index (κ3) is 6.23. The molecule has 2 N–H and O–H groups in total. The third-order valence-corrected chi connectivity index (χ3v) is 5.99. The maximum absolute atomic E-state index is 13.2. The molecule has 0 saturated heterocycles. The number of hydrogen-bond donors (Lipinski definition) is 2. The molecule has 186 valence electrons. The number of nitrogens with one attached hydrogen (secondary N) is 2. The van der Waals surface area contributed by atoms with Crippen molar-refractivity contribution in [3.63, 3.8) is 0 Å². The Kier molecular flexibility index (Phi) is 8.58. The molecule has 0 aliphatic heterocycles. The summed E-state index contributed by atoms with van der Waals surface area (Å²) >= 11 is 0. The Hall–Kier alpha value is -3.74. The molecule has 0 saturated carbocycles. The highest BCUT2D eigenvalue weighted by molar-refractivity contribution is 5.90. The van der Waals surface area contributed by atoms with Crippen molar-refractivity contribution in [2.24, 2.45) is 5.92 Å². The van der Waals surface area contributed by atoms with Gasteiger partial charge in [-0.15, -0.1) is 0 Å². The third-order valence-electron chi connectivity index (χ3n) is 5.99. The van der Waals surface area contributed by atoms with Gasteiger partial charge in [0.1, 0.15) is 6.04 Å². The molecule has 0 radical (unpaired) electrons. The highest BCUT2D eigenvalue weighted by Gasteiger charge is 2.26. The van der Waals surface area contributed by atoms with Gasteiger partial charge in [-0.25, -0.2) is 0 Å². The molecule has 3 aromatic carbocycles. The van der Waals surface area contributed by atoms with Crippen LogP contribution in [0, 0.1) is 5.92 Å². The summed E-state index contributed by atoms with van der Waals surface area (Å²) in [5.74, 6) is 0.947. The lowest BCUT2D eigenvalue weighted by molar-refractivity contribution is -0.130. The lowest BCUT2D eigenvalue weighted by atomic mass is 10.0. The van der Waals surface area contributed by atoms with Crippen LogP contribution in [0.2, 0.25) is 0 Å². The van der Waals surface area contributed by atoms with Crippen LogP contribution in [0.15, 0.2) is 54.6 Å². The van der Waals surface area contributed by atoms with E-state index in [0.717, 1.165) is 21.9 Å². The maximum atomic E-state index is 13.2. The predicted molar refractivity (Wildman–Crippen MR) is 137 cm³/mol. The zero-order chi connectivity index (χ0) is 25.5. The number of ether oxygens (including phenoxy) is 3. The average Bonchev–Trinajstić information content (AvgIpc) is 2.85. The van der Waals surface area contributed by atoms with Crippen molar-refractivity contribution in [1.82, 2.24) is 10.6 Å². The van der Waals surface area contributed by atoms with Gasteiger partial charge in [-0.05, 0) is 46.9 Å². The highest BCUT2D eigenvalue weighted by Crippen LogP contribution is 2.39. The number of rotatable bonds is 10. The Balaban J connectivity index is 1.70. The first kappa shape index (κ1) is 25.9. The van der Waals surface area contributed by atoms with Crippen LogP contribution in [0.5, 0.6) is 17.2 Å². The smallest absolute Gasteiger partial charge is 0.243 e. The maximum Gasteiger partial charge on any atom is 0.243 e. The second-order valence-corrected chi connectivity index (χ2v) is 8.84. The molecule has 0 spiro atoms. The van der Waals surface area contributed by atoms with E-state index in [4.69, 9.17) is 14.2 Å². The van der Waals surface area contributed by atoms with E-state index in [9.17, 15) is 9.59 Å². The monoisotopic (exact) mass is 478 g/mol. The molecule has 3 rings (SSSR count). The van der Waals surface area contributed by atoms with E-state index in [0.29, 0.717) is 17.2 Å². The number of amides is 2. The van der Waals surface area contributed by atoms with Gasteiger partial charge in [-0.1, -0.05) is 56.3 Å². The lowest BCUT2D eigenvalue weighted by Crippen LogP contribution is -2.50. The molecule has 35 heavy (non-hydrogen) atoms. The molecule has 0 fully saturated rings.